The summed E-state index contributed by atoms with van der Waals surface area (Å²) >= 11 is 6.10. The molecule has 1 aliphatic rings. The van der Waals surface area contributed by atoms with Crippen LogP contribution in [0.5, 0.6) is 0 Å². The van der Waals surface area contributed by atoms with Gasteiger partial charge in [0.2, 0.25) is 0 Å². The zero-order valence-electron chi connectivity index (χ0n) is 10.4. The molecule has 4 heteroatoms. The van der Waals surface area contributed by atoms with Crippen molar-refractivity contribution in [2.75, 3.05) is 5.32 Å². The minimum atomic E-state index is -0.861. The van der Waals surface area contributed by atoms with E-state index in [1.54, 1.807) is 6.07 Å². The highest BCUT2D eigenvalue weighted by molar-refractivity contribution is 6.33. The number of carboxylic acid groups (broad SMARTS) is 1. The highest BCUT2D eigenvalue weighted by atomic mass is 35.5. The molecule has 1 aromatic carbocycles. The van der Waals surface area contributed by atoms with Crippen LogP contribution in [-0.2, 0) is 4.79 Å². The van der Waals surface area contributed by atoms with Gasteiger partial charge in [-0.2, -0.15) is 0 Å². The Hall–Kier alpha value is -1.22. The molecule has 1 aliphatic carbocycles. The number of hydrogen-bond acceptors (Lipinski definition) is 2. The number of aliphatic carboxylic acids is 1. The molecule has 0 bridgehead atoms. The Morgan fingerprint density at radius 1 is 1.56 bits per heavy atom. The zero-order valence-corrected chi connectivity index (χ0v) is 11.2. The van der Waals surface area contributed by atoms with E-state index in [1.807, 2.05) is 25.1 Å². The summed E-state index contributed by atoms with van der Waals surface area (Å²) in [4.78, 5) is 11.7. The van der Waals surface area contributed by atoms with Crippen molar-refractivity contribution in [3.8, 4) is 0 Å². The van der Waals surface area contributed by atoms with Crippen LogP contribution in [0.25, 0.3) is 0 Å². The summed E-state index contributed by atoms with van der Waals surface area (Å²) in [6, 6.07) is 7.31. The van der Waals surface area contributed by atoms with Gasteiger partial charge in [-0.15, -0.1) is 0 Å². The third kappa shape index (κ3) is 2.19. The van der Waals surface area contributed by atoms with Gasteiger partial charge in [-0.3, -0.25) is 0 Å². The summed E-state index contributed by atoms with van der Waals surface area (Å²) in [5.74, 6) is -0.613. The predicted molar refractivity (Wildman–Crippen MR) is 73.1 cm³/mol. The van der Waals surface area contributed by atoms with Crippen molar-refractivity contribution in [3.05, 3.63) is 29.3 Å². The fraction of sp³-hybridized carbons (Fsp3) is 0.500. The van der Waals surface area contributed by atoms with E-state index in [2.05, 4.69) is 5.32 Å². The Morgan fingerprint density at radius 2 is 2.28 bits per heavy atom. The van der Waals surface area contributed by atoms with Gasteiger partial charge in [0, 0.05) is 0 Å². The maximum Gasteiger partial charge on any atom is 0.329 e. The Kier molecular flexibility index (Phi) is 3.81. The SMILES string of the molecule is CCC1CCCC1(Nc1ccccc1Cl)C(=O)O. The van der Waals surface area contributed by atoms with Gasteiger partial charge in [0.25, 0.3) is 0 Å². The number of hydrogen-bond donors (Lipinski definition) is 2. The van der Waals surface area contributed by atoms with Crippen molar-refractivity contribution in [3.63, 3.8) is 0 Å². The number of rotatable bonds is 4. The molecule has 0 radical (unpaired) electrons. The van der Waals surface area contributed by atoms with E-state index in [-0.39, 0.29) is 5.92 Å². The van der Waals surface area contributed by atoms with Gasteiger partial charge >= 0.3 is 5.97 Å². The van der Waals surface area contributed by atoms with E-state index < -0.39 is 11.5 Å². The Bertz CT molecular complexity index is 449. The number of para-hydroxylation sites is 1. The van der Waals surface area contributed by atoms with Gasteiger partial charge in [0.05, 0.1) is 10.7 Å². The minimum absolute atomic E-state index is 0.159. The number of halogens is 1. The van der Waals surface area contributed by atoms with Gasteiger partial charge < -0.3 is 10.4 Å². The van der Waals surface area contributed by atoms with E-state index in [0.717, 1.165) is 19.3 Å². The van der Waals surface area contributed by atoms with Gasteiger partial charge in [-0.25, -0.2) is 4.79 Å². The molecular formula is C14H18ClNO2. The average molecular weight is 268 g/mol. The highest BCUT2D eigenvalue weighted by Crippen LogP contribution is 2.41. The Morgan fingerprint density at radius 3 is 2.89 bits per heavy atom. The number of carbonyl (C=O) groups is 1. The molecule has 0 heterocycles. The maximum absolute atomic E-state index is 11.7. The highest BCUT2D eigenvalue weighted by Gasteiger charge is 2.48. The average Bonchev–Trinajstić information content (AvgIpc) is 2.76. The fourth-order valence-corrected chi connectivity index (χ4v) is 3.12. The molecule has 2 atom stereocenters. The number of carboxylic acids is 1. The van der Waals surface area contributed by atoms with Crippen LogP contribution in [0.1, 0.15) is 32.6 Å². The molecule has 18 heavy (non-hydrogen) atoms. The molecule has 2 rings (SSSR count). The van der Waals surface area contributed by atoms with Gasteiger partial charge in [-0.05, 0) is 30.9 Å². The first-order chi connectivity index (χ1) is 8.60. The van der Waals surface area contributed by atoms with Crippen molar-refractivity contribution in [2.24, 2.45) is 5.92 Å². The van der Waals surface area contributed by atoms with E-state index in [9.17, 15) is 9.90 Å². The molecule has 0 saturated heterocycles. The van der Waals surface area contributed by atoms with Gasteiger partial charge in [-0.1, -0.05) is 43.5 Å². The van der Waals surface area contributed by atoms with Crippen LogP contribution in [0.3, 0.4) is 0 Å². The summed E-state index contributed by atoms with van der Waals surface area (Å²) in [5.41, 5.74) is -0.151. The lowest BCUT2D eigenvalue weighted by Crippen LogP contribution is -2.49. The van der Waals surface area contributed by atoms with Crippen molar-refractivity contribution >= 4 is 23.3 Å². The first-order valence-corrected chi connectivity index (χ1v) is 6.74. The van der Waals surface area contributed by atoms with Crippen LogP contribution < -0.4 is 5.32 Å². The second-order valence-corrected chi connectivity index (χ2v) is 5.29. The molecule has 2 N–H and O–H groups in total. The van der Waals surface area contributed by atoms with E-state index in [1.165, 1.54) is 0 Å². The van der Waals surface area contributed by atoms with Crippen molar-refractivity contribution < 1.29 is 9.90 Å². The molecule has 1 aromatic rings. The monoisotopic (exact) mass is 267 g/mol. The summed E-state index contributed by atoms with van der Waals surface area (Å²) < 4.78 is 0. The second-order valence-electron chi connectivity index (χ2n) is 4.88. The van der Waals surface area contributed by atoms with Crippen molar-refractivity contribution in [1.82, 2.24) is 0 Å². The lowest BCUT2D eigenvalue weighted by Gasteiger charge is -2.33. The molecule has 3 nitrogen and oxygen atoms in total. The normalized spacial score (nSPS) is 27.1. The molecule has 2 unspecified atom stereocenters. The molecule has 0 amide bonds. The van der Waals surface area contributed by atoms with Crippen LogP contribution >= 0.6 is 11.6 Å². The van der Waals surface area contributed by atoms with E-state index in [4.69, 9.17) is 11.6 Å². The third-order valence-corrected chi connectivity index (χ3v) is 4.26. The summed E-state index contributed by atoms with van der Waals surface area (Å²) in [6.07, 6.45) is 3.43. The topological polar surface area (TPSA) is 49.3 Å². The molecule has 98 valence electrons. The molecule has 0 spiro atoms. The Balaban J connectivity index is 2.33. The van der Waals surface area contributed by atoms with Crippen LogP contribution in [-0.4, -0.2) is 16.6 Å². The number of benzene rings is 1. The van der Waals surface area contributed by atoms with Crippen LogP contribution in [0, 0.1) is 5.92 Å². The summed E-state index contributed by atoms with van der Waals surface area (Å²) in [5, 5.41) is 13.4. The number of anilines is 1. The summed E-state index contributed by atoms with van der Waals surface area (Å²) in [7, 11) is 0. The van der Waals surface area contributed by atoms with Crippen molar-refractivity contribution in [2.45, 2.75) is 38.1 Å². The quantitative estimate of drug-likeness (QED) is 0.873. The minimum Gasteiger partial charge on any atom is -0.479 e. The molecule has 0 aliphatic heterocycles. The lowest BCUT2D eigenvalue weighted by atomic mass is 9.85. The molecule has 1 saturated carbocycles. The van der Waals surface area contributed by atoms with Gasteiger partial charge in [0.1, 0.15) is 5.54 Å². The lowest BCUT2D eigenvalue weighted by molar-refractivity contribution is -0.143. The van der Waals surface area contributed by atoms with Gasteiger partial charge in [0.15, 0.2) is 0 Å². The summed E-state index contributed by atoms with van der Waals surface area (Å²) in [6.45, 7) is 2.04. The third-order valence-electron chi connectivity index (χ3n) is 3.93. The standard InChI is InChI=1S/C14H18ClNO2/c1-2-10-6-5-9-14(10,13(17)18)16-12-8-4-3-7-11(12)15/h3-4,7-8,10,16H,2,5-6,9H2,1H3,(H,17,18). The second kappa shape index (κ2) is 5.19. The molecule has 0 aromatic heterocycles. The van der Waals surface area contributed by atoms with Crippen LogP contribution in [0.2, 0.25) is 5.02 Å². The number of nitrogens with one attached hydrogen (secondary N) is 1. The maximum atomic E-state index is 11.7. The molecule has 1 fully saturated rings. The van der Waals surface area contributed by atoms with Crippen LogP contribution in [0.4, 0.5) is 5.69 Å². The first-order valence-electron chi connectivity index (χ1n) is 6.36. The largest absolute Gasteiger partial charge is 0.479 e. The molecular weight excluding hydrogens is 250 g/mol. The zero-order chi connectivity index (χ0) is 13.2. The first kappa shape index (κ1) is 13.2. The smallest absolute Gasteiger partial charge is 0.329 e. The fourth-order valence-electron chi connectivity index (χ4n) is 2.93. The Labute approximate surface area is 112 Å². The van der Waals surface area contributed by atoms with E-state index in [0.29, 0.717) is 17.1 Å². The van der Waals surface area contributed by atoms with Crippen molar-refractivity contribution in [1.29, 1.82) is 0 Å². The predicted octanol–water partition coefficient (Wildman–Crippen LogP) is 3.79. The van der Waals surface area contributed by atoms with E-state index >= 15 is 0 Å². The van der Waals surface area contributed by atoms with Crippen LogP contribution in [0.15, 0.2) is 24.3 Å².